The molecule has 0 radical (unpaired) electrons. The summed E-state index contributed by atoms with van der Waals surface area (Å²) in [7, 11) is 0. The summed E-state index contributed by atoms with van der Waals surface area (Å²) < 4.78 is 39.7. The number of benzene rings is 1. The van der Waals surface area contributed by atoms with Crippen LogP contribution in [-0.4, -0.2) is 22.4 Å². The maximum absolute atomic E-state index is 13.6. The number of amides is 1. The predicted octanol–water partition coefficient (Wildman–Crippen LogP) is 3.17. The van der Waals surface area contributed by atoms with Gasteiger partial charge in [0.05, 0.1) is 5.69 Å². The number of carbonyl (C=O) groups excluding carboxylic acids is 1. The van der Waals surface area contributed by atoms with Crippen LogP contribution in [-0.2, 0) is 0 Å². The van der Waals surface area contributed by atoms with Crippen molar-refractivity contribution in [1.29, 1.82) is 0 Å². The molecule has 2 aromatic rings. The molecule has 8 heteroatoms. The van der Waals surface area contributed by atoms with E-state index in [0.717, 1.165) is 25.0 Å². The fourth-order valence-corrected chi connectivity index (χ4v) is 1.76. The van der Waals surface area contributed by atoms with E-state index in [0.29, 0.717) is 6.54 Å². The van der Waals surface area contributed by atoms with Crippen LogP contribution >= 0.6 is 0 Å². The Morgan fingerprint density at radius 3 is 2.70 bits per heavy atom. The van der Waals surface area contributed by atoms with Crippen LogP contribution in [0.25, 0.3) is 0 Å². The Bertz CT molecular complexity index is 709. The van der Waals surface area contributed by atoms with Gasteiger partial charge in [-0.2, -0.15) is 0 Å². The van der Waals surface area contributed by atoms with Crippen molar-refractivity contribution in [3.63, 3.8) is 0 Å². The number of aromatic nitrogens is 2. The molecule has 0 atom stereocenters. The van der Waals surface area contributed by atoms with Crippen LogP contribution < -0.4 is 10.6 Å². The lowest BCUT2D eigenvalue weighted by Crippen LogP contribution is -2.25. The van der Waals surface area contributed by atoms with Crippen molar-refractivity contribution in [2.24, 2.45) is 0 Å². The molecule has 2 N–H and O–H groups in total. The lowest BCUT2D eigenvalue weighted by Gasteiger charge is -2.08. The van der Waals surface area contributed by atoms with E-state index in [-0.39, 0.29) is 17.3 Å². The van der Waals surface area contributed by atoms with E-state index in [1.165, 1.54) is 12.3 Å². The normalized spacial score (nSPS) is 10.4. The molecule has 23 heavy (non-hydrogen) atoms. The topological polar surface area (TPSA) is 66.9 Å². The number of halogens is 3. The molecule has 1 aromatic carbocycles. The van der Waals surface area contributed by atoms with Crippen molar-refractivity contribution in [1.82, 2.24) is 15.3 Å². The van der Waals surface area contributed by atoms with Gasteiger partial charge in [0.25, 0.3) is 5.91 Å². The highest BCUT2D eigenvalue weighted by Crippen LogP contribution is 2.21. The largest absolute Gasteiger partial charge is 0.351 e. The monoisotopic (exact) mass is 324 g/mol. The van der Waals surface area contributed by atoms with Crippen LogP contribution in [0.15, 0.2) is 24.4 Å². The molecular weight excluding hydrogens is 309 g/mol. The Kier molecular flexibility index (Phi) is 5.51. The highest BCUT2D eigenvalue weighted by Gasteiger charge is 2.15. The van der Waals surface area contributed by atoms with Crippen LogP contribution in [0.2, 0.25) is 0 Å². The van der Waals surface area contributed by atoms with Crippen LogP contribution in [0.3, 0.4) is 0 Å². The molecule has 0 saturated heterocycles. The number of nitrogens with one attached hydrogen (secondary N) is 2. The van der Waals surface area contributed by atoms with Gasteiger partial charge in [-0.25, -0.2) is 23.1 Å². The molecular formula is C15H15F3N4O. The lowest BCUT2D eigenvalue weighted by atomic mass is 10.3. The molecule has 5 nitrogen and oxygen atoms in total. The lowest BCUT2D eigenvalue weighted by molar-refractivity contribution is 0.0948. The van der Waals surface area contributed by atoms with Gasteiger partial charge >= 0.3 is 0 Å². The summed E-state index contributed by atoms with van der Waals surface area (Å²) >= 11 is 0. The van der Waals surface area contributed by atoms with Crippen molar-refractivity contribution < 1.29 is 18.0 Å². The summed E-state index contributed by atoms with van der Waals surface area (Å²) in [5.41, 5.74) is -0.242. The molecule has 1 heterocycles. The third-order valence-corrected chi connectivity index (χ3v) is 2.99. The third-order valence-electron chi connectivity index (χ3n) is 2.99. The van der Waals surface area contributed by atoms with Crippen molar-refractivity contribution in [2.45, 2.75) is 19.8 Å². The molecule has 1 amide bonds. The summed E-state index contributed by atoms with van der Waals surface area (Å²) in [5, 5.41) is 5.10. The zero-order chi connectivity index (χ0) is 16.8. The molecule has 0 spiro atoms. The van der Waals surface area contributed by atoms with Gasteiger partial charge in [0, 0.05) is 12.7 Å². The first-order valence-corrected chi connectivity index (χ1v) is 7.04. The molecule has 0 aliphatic rings. The van der Waals surface area contributed by atoms with Crippen molar-refractivity contribution in [3.05, 3.63) is 47.5 Å². The second-order valence-electron chi connectivity index (χ2n) is 4.72. The first kappa shape index (κ1) is 16.7. The maximum atomic E-state index is 13.6. The molecule has 2 rings (SSSR count). The fraction of sp³-hybridized carbons (Fsp3) is 0.267. The number of anilines is 2. The zero-order valence-corrected chi connectivity index (χ0v) is 12.4. The van der Waals surface area contributed by atoms with E-state index in [2.05, 4.69) is 20.6 Å². The summed E-state index contributed by atoms with van der Waals surface area (Å²) in [5.74, 6) is -4.76. The van der Waals surface area contributed by atoms with E-state index in [1.54, 1.807) is 0 Å². The Labute approximate surface area is 131 Å². The molecule has 122 valence electrons. The molecule has 0 saturated carbocycles. The van der Waals surface area contributed by atoms with E-state index in [1.807, 2.05) is 6.92 Å². The number of hydrogen-bond donors (Lipinski definition) is 2. The number of nitrogens with zero attached hydrogens (tertiary/aromatic N) is 2. The Balaban J connectivity index is 2.14. The summed E-state index contributed by atoms with van der Waals surface area (Å²) in [6, 6.07) is 3.20. The van der Waals surface area contributed by atoms with E-state index in [9.17, 15) is 18.0 Å². The number of unbranched alkanes of at least 4 members (excludes halogenated alkanes) is 1. The maximum Gasteiger partial charge on any atom is 0.270 e. The van der Waals surface area contributed by atoms with Gasteiger partial charge in [-0.15, -0.1) is 0 Å². The number of rotatable bonds is 6. The zero-order valence-electron chi connectivity index (χ0n) is 12.4. The minimum absolute atomic E-state index is 0.0848. The summed E-state index contributed by atoms with van der Waals surface area (Å²) in [6.45, 7) is 2.51. The van der Waals surface area contributed by atoms with Crippen LogP contribution in [0, 0.1) is 17.5 Å². The van der Waals surface area contributed by atoms with Gasteiger partial charge in [-0.3, -0.25) is 4.79 Å². The number of hydrogen-bond acceptors (Lipinski definition) is 4. The fourth-order valence-electron chi connectivity index (χ4n) is 1.76. The predicted molar refractivity (Wildman–Crippen MR) is 78.9 cm³/mol. The van der Waals surface area contributed by atoms with Crippen LogP contribution in [0.5, 0.6) is 0 Å². The molecule has 0 bridgehead atoms. The van der Waals surface area contributed by atoms with Gasteiger partial charge in [0.2, 0.25) is 5.95 Å². The van der Waals surface area contributed by atoms with Gasteiger partial charge in [-0.1, -0.05) is 13.3 Å². The standard InChI is InChI=1S/C15H15F3N4O/c1-2-3-7-19-14(23)11-6-8-20-15(22-11)21-10-5-4-9(16)12(17)13(10)18/h4-6,8H,2-3,7H2,1H3,(H,19,23)(H,20,21,22). The second-order valence-corrected chi connectivity index (χ2v) is 4.72. The summed E-state index contributed by atoms with van der Waals surface area (Å²) in [6.07, 6.45) is 3.08. The summed E-state index contributed by atoms with van der Waals surface area (Å²) in [4.78, 5) is 19.6. The van der Waals surface area contributed by atoms with Gasteiger partial charge in [0.15, 0.2) is 17.5 Å². The average Bonchev–Trinajstić information content (AvgIpc) is 2.56. The molecule has 0 aliphatic carbocycles. The smallest absolute Gasteiger partial charge is 0.270 e. The average molecular weight is 324 g/mol. The van der Waals surface area contributed by atoms with E-state index >= 15 is 0 Å². The highest BCUT2D eigenvalue weighted by molar-refractivity contribution is 5.92. The van der Waals surface area contributed by atoms with E-state index < -0.39 is 23.4 Å². The highest BCUT2D eigenvalue weighted by atomic mass is 19.2. The second kappa shape index (κ2) is 7.57. The van der Waals surface area contributed by atoms with E-state index in [4.69, 9.17) is 0 Å². The van der Waals surface area contributed by atoms with Crippen molar-refractivity contribution in [2.75, 3.05) is 11.9 Å². The Morgan fingerprint density at radius 1 is 1.17 bits per heavy atom. The van der Waals surface area contributed by atoms with Gasteiger partial charge in [-0.05, 0) is 24.6 Å². The van der Waals surface area contributed by atoms with Gasteiger partial charge in [0.1, 0.15) is 5.69 Å². The molecule has 0 fully saturated rings. The molecule has 0 unspecified atom stereocenters. The Morgan fingerprint density at radius 2 is 1.96 bits per heavy atom. The molecule has 0 aliphatic heterocycles. The quantitative estimate of drug-likeness (QED) is 0.633. The molecule has 1 aromatic heterocycles. The minimum Gasteiger partial charge on any atom is -0.351 e. The first-order chi connectivity index (χ1) is 11.0. The Hall–Kier alpha value is -2.64. The first-order valence-electron chi connectivity index (χ1n) is 7.04. The van der Waals surface area contributed by atoms with Gasteiger partial charge < -0.3 is 10.6 Å². The SMILES string of the molecule is CCCCNC(=O)c1ccnc(Nc2ccc(F)c(F)c2F)n1. The number of carbonyl (C=O) groups is 1. The minimum atomic E-state index is -1.59. The van der Waals surface area contributed by atoms with Crippen molar-refractivity contribution >= 4 is 17.5 Å². The van der Waals surface area contributed by atoms with Crippen LogP contribution in [0.4, 0.5) is 24.8 Å². The van der Waals surface area contributed by atoms with Crippen molar-refractivity contribution in [3.8, 4) is 0 Å². The van der Waals surface area contributed by atoms with Crippen LogP contribution in [0.1, 0.15) is 30.3 Å². The third kappa shape index (κ3) is 4.18.